The highest BCUT2D eigenvalue weighted by atomic mass is 19.4. The topological polar surface area (TPSA) is 45.1 Å². The summed E-state index contributed by atoms with van der Waals surface area (Å²) in [6.07, 6.45) is 11.9. The van der Waals surface area contributed by atoms with Crippen molar-refractivity contribution >= 4 is 11.8 Å². The number of hydrogen-bond donors (Lipinski definition) is 0. The van der Waals surface area contributed by atoms with Gasteiger partial charge in [0.1, 0.15) is 11.4 Å². The normalized spacial score (nSPS) is 20.5. The summed E-state index contributed by atoms with van der Waals surface area (Å²) in [5.74, 6) is -0.157. The molecule has 1 aliphatic carbocycles. The van der Waals surface area contributed by atoms with Gasteiger partial charge in [-0.3, -0.25) is 4.99 Å². The summed E-state index contributed by atoms with van der Waals surface area (Å²) >= 11 is 0. The fraction of sp³-hybridized carbons (Fsp3) is 0.600. The van der Waals surface area contributed by atoms with Crippen molar-refractivity contribution in [3.8, 4) is 0 Å². The van der Waals surface area contributed by atoms with E-state index in [9.17, 15) is 22.4 Å². The zero-order valence-electron chi connectivity index (χ0n) is 28.2. The molecule has 9 heteroatoms. The molecule has 0 aromatic heterocycles. The second-order valence-corrected chi connectivity index (χ2v) is 11.6. The molecular weight excluding hydrogens is 570 g/mol. The maximum absolute atomic E-state index is 13.8. The van der Waals surface area contributed by atoms with E-state index in [1.54, 1.807) is 43.2 Å². The summed E-state index contributed by atoms with van der Waals surface area (Å²) in [6, 6.07) is -0.183. The zero-order valence-corrected chi connectivity index (χ0v) is 28.2. The van der Waals surface area contributed by atoms with Gasteiger partial charge in [-0.2, -0.15) is 13.2 Å². The third-order valence-electron chi connectivity index (χ3n) is 7.48. The minimum absolute atomic E-state index is 0.0875. The van der Waals surface area contributed by atoms with Crippen LogP contribution in [0.4, 0.5) is 22.4 Å². The van der Waals surface area contributed by atoms with Crippen LogP contribution in [-0.2, 0) is 4.74 Å². The first-order valence-corrected chi connectivity index (χ1v) is 15.7. The number of ether oxygens (including phenoxy) is 1. The van der Waals surface area contributed by atoms with Gasteiger partial charge in [-0.25, -0.2) is 9.18 Å². The number of nitrogens with zero attached hydrogens (tertiary/aromatic N) is 3. The number of halogens is 4. The van der Waals surface area contributed by atoms with Gasteiger partial charge in [-0.05, 0) is 85.8 Å². The lowest BCUT2D eigenvalue weighted by atomic mass is 9.97. The summed E-state index contributed by atoms with van der Waals surface area (Å²) in [6.45, 7) is 17.7. The van der Waals surface area contributed by atoms with Gasteiger partial charge in [-0.1, -0.05) is 57.1 Å². The molecule has 0 aromatic carbocycles. The van der Waals surface area contributed by atoms with Crippen LogP contribution < -0.4 is 0 Å². The van der Waals surface area contributed by atoms with Crippen molar-refractivity contribution in [2.45, 2.75) is 119 Å². The number of hydrogen-bond acceptors (Lipinski definition) is 4. The Balaban J connectivity index is 0.000000627. The van der Waals surface area contributed by atoms with E-state index >= 15 is 0 Å². The summed E-state index contributed by atoms with van der Waals surface area (Å²) in [5, 5.41) is 0. The van der Waals surface area contributed by atoms with E-state index in [1.807, 2.05) is 45.6 Å². The number of carbonyl (C=O) groups excluding carboxylic acids is 1. The molecule has 2 rings (SSSR count). The van der Waals surface area contributed by atoms with Crippen LogP contribution in [0.3, 0.4) is 0 Å². The molecule has 0 aromatic rings. The van der Waals surface area contributed by atoms with Crippen LogP contribution in [0.2, 0.25) is 0 Å². The molecule has 1 atom stereocenters. The average molecular weight is 624 g/mol. The average Bonchev–Trinajstić information content (AvgIpc) is 3.67. The van der Waals surface area contributed by atoms with Gasteiger partial charge in [0, 0.05) is 48.9 Å². The molecule has 0 radical (unpaired) electrons. The van der Waals surface area contributed by atoms with Crippen LogP contribution in [-0.4, -0.2) is 59.1 Å². The van der Waals surface area contributed by atoms with Crippen LogP contribution in [0.1, 0.15) is 101 Å². The number of aliphatic imine (C=N–C) groups is 1. The smallest absolute Gasteiger partial charge is 0.416 e. The lowest BCUT2D eigenvalue weighted by Gasteiger charge is -2.41. The lowest BCUT2D eigenvalue weighted by Crippen LogP contribution is -2.54. The number of rotatable bonds is 11. The minimum atomic E-state index is -4.49. The van der Waals surface area contributed by atoms with E-state index in [2.05, 4.69) is 11.9 Å². The Morgan fingerprint density at radius 3 is 2.20 bits per heavy atom. The summed E-state index contributed by atoms with van der Waals surface area (Å²) in [5.41, 5.74) is 0.941. The van der Waals surface area contributed by atoms with Gasteiger partial charge in [0.25, 0.3) is 0 Å². The van der Waals surface area contributed by atoms with E-state index in [-0.39, 0.29) is 29.1 Å². The SMILES string of the molecule is CC/C=C/C=C(F)\C=C(/C)CCC.C\C=C(C(/C(C)=N/C=C/CC)=C(/C)N1CCN(C(=O)OC2(C)CC2)C(C)C1)\C(F)(F)F. The van der Waals surface area contributed by atoms with Crippen LogP contribution >= 0.6 is 0 Å². The molecule has 2 aliphatic rings. The van der Waals surface area contributed by atoms with Gasteiger partial charge in [-0.15, -0.1) is 0 Å². The van der Waals surface area contributed by atoms with E-state index < -0.39 is 11.7 Å². The van der Waals surface area contributed by atoms with E-state index in [0.717, 1.165) is 50.2 Å². The highest BCUT2D eigenvalue weighted by Crippen LogP contribution is 2.39. The number of carbonyl (C=O) groups is 1. The van der Waals surface area contributed by atoms with E-state index in [0.29, 0.717) is 31.0 Å². The van der Waals surface area contributed by atoms with Gasteiger partial charge in [0.05, 0.1) is 5.57 Å². The molecule has 1 unspecified atom stereocenters. The van der Waals surface area contributed by atoms with Crippen LogP contribution in [0.25, 0.3) is 0 Å². The van der Waals surface area contributed by atoms with Gasteiger partial charge >= 0.3 is 12.3 Å². The molecule has 1 saturated carbocycles. The molecule has 1 aliphatic heterocycles. The largest absolute Gasteiger partial charge is 0.443 e. The van der Waals surface area contributed by atoms with E-state index in [1.165, 1.54) is 13.0 Å². The molecule has 0 spiro atoms. The number of alkyl halides is 3. The molecule has 0 N–H and O–H groups in total. The van der Waals surface area contributed by atoms with Gasteiger partial charge < -0.3 is 14.5 Å². The summed E-state index contributed by atoms with van der Waals surface area (Å²) in [4.78, 5) is 20.3. The number of piperazine rings is 1. The second kappa shape index (κ2) is 18.6. The second-order valence-electron chi connectivity index (χ2n) is 11.6. The molecule has 1 heterocycles. The maximum atomic E-state index is 13.8. The van der Waals surface area contributed by atoms with E-state index in [4.69, 9.17) is 4.74 Å². The first-order chi connectivity index (χ1) is 20.6. The predicted molar refractivity (Wildman–Crippen MR) is 174 cm³/mol. The number of amides is 1. The van der Waals surface area contributed by atoms with Crippen molar-refractivity contribution in [3.63, 3.8) is 0 Å². The standard InChI is InChI=1S/C23H34F3N3O2.C12H19F/c1-7-9-12-27-17(4)20(19(8-2)23(24,25)26)18(5)28-13-14-29(16(3)15-28)21(30)31-22(6)10-11-22;1-4-6-7-9-12(13)10-11(3)8-5-2/h8-9,12,16H,7,10-11,13-15H2,1-6H3;6-7,9-10H,4-5,8H2,1-3H3/b12-9+,19-8+,20-18-,27-17+;7-6+,11-10+,12-9+. The van der Waals surface area contributed by atoms with Crippen molar-refractivity contribution < 1.29 is 27.1 Å². The molecule has 2 fully saturated rings. The highest BCUT2D eigenvalue weighted by molar-refractivity contribution is 6.03. The zero-order chi connectivity index (χ0) is 33.5. The first-order valence-electron chi connectivity index (χ1n) is 15.7. The maximum Gasteiger partial charge on any atom is 0.416 e. The third kappa shape index (κ3) is 13.3. The Labute approximate surface area is 262 Å². The minimum Gasteiger partial charge on any atom is -0.443 e. The molecule has 1 saturated heterocycles. The highest BCUT2D eigenvalue weighted by Gasteiger charge is 2.44. The predicted octanol–water partition coefficient (Wildman–Crippen LogP) is 10.4. The Morgan fingerprint density at radius 2 is 1.70 bits per heavy atom. The first kappa shape index (κ1) is 38.9. The Bertz CT molecular complexity index is 1150. The van der Waals surface area contributed by atoms with Crippen LogP contribution in [0, 0.1) is 0 Å². The van der Waals surface area contributed by atoms with Crippen molar-refractivity contribution in [3.05, 3.63) is 70.9 Å². The number of allylic oxidation sites excluding steroid dienone is 11. The Kier molecular flexibility index (Phi) is 16.5. The summed E-state index contributed by atoms with van der Waals surface area (Å²) in [7, 11) is 0. The van der Waals surface area contributed by atoms with Crippen molar-refractivity contribution in [2.24, 2.45) is 4.99 Å². The molecule has 248 valence electrons. The van der Waals surface area contributed by atoms with Gasteiger partial charge in [0.2, 0.25) is 0 Å². The van der Waals surface area contributed by atoms with Crippen LogP contribution in [0.5, 0.6) is 0 Å². The Hall–Kier alpha value is -3.10. The third-order valence-corrected chi connectivity index (χ3v) is 7.48. The lowest BCUT2D eigenvalue weighted by molar-refractivity contribution is -0.0891. The van der Waals surface area contributed by atoms with Gasteiger partial charge in [0.15, 0.2) is 0 Å². The molecule has 5 nitrogen and oxygen atoms in total. The Morgan fingerprint density at radius 1 is 1.07 bits per heavy atom. The molecule has 0 bridgehead atoms. The molecular formula is C35H53F4N3O2. The molecule has 1 amide bonds. The monoisotopic (exact) mass is 623 g/mol. The van der Waals surface area contributed by atoms with Crippen molar-refractivity contribution in [1.82, 2.24) is 9.80 Å². The summed E-state index contributed by atoms with van der Waals surface area (Å²) < 4.78 is 60.0. The van der Waals surface area contributed by atoms with Crippen molar-refractivity contribution in [1.29, 1.82) is 0 Å². The quantitative estimate of drug-likeness (QED) is 0.131. The fourth-order valence-electron chi connectivity index (χ4n) is 4.72. The van der Waals surface area contributed by atoms with Crippen molar-refractivity contribution in [2.75, 3.05) is 19.6 Å². The fourth-order valence-corrected chi connectivity index (χ4v) is 4.72. The van der Waals surface area contributed by atoms with Crippen LogP contribution in [0.15, 0.2) is 75.9 Å². The molecule has 44 heavy (non-hydrogen) atoms.